The third-order valence-corrected chi connectivity index (χ3v) is 5.58. The van der Waals surface area contributed by atoms with Crippen LogP contribution in [-0.2, 0) is 8.87 Å². The van der Waals surface area contributed by atoms with Crippen LogP contribution in [0.5, 0.6) is 0 Å². The molecule has 1 rings (SSSR count). The molecular formula is C9H11ClO2S2. The average molecular weight is 251 g/mol. The fourth-order valence-electron chi connectivity index (χ4n) is 0.914. The Morgan fingerprint density at radius 2 is 1.86 bits per heavy atom. The highest BCUT2D eigenvalue weighted by Gasteiger charge is 2.13. The van der Waals surface area contributed by atoms with Gasteiger partial charge in [0.2, 0.25) is 8.87 Å². The normalized spacial score (nSPS) is 11.6. The average Bonchev–Trinajstić information content (AvgIpc) is 2.16. The van der Waals surface area contributed by atoms with Crippen molar-refractivity contribution in [1.82, 2.24) is 0 Å². The Balaban J connectivity index is 2.87. The zero-order valence-electron chi connectivity index (χ0n) is 7.73. The molecule has 0 spiro atoms. The minimum absolute atomic E-state index is 0.343. The molecule has 0 aliphatic rings. The molecule has 0 saturated carbocycles. The van der Waals surface area contributed by atoms with Gasteiger partial charge in [-0.15, -0.1) is 11.6 Å². The van der Waals surface area contributed by atoms with Gasteiger partial charge in [0.25, 0.3) is 0 Å². The quantitative estimate of drug-likeness (QED) is 0.609. The summed E-state index contributed by atoms with van der Waals surface area (Å²) < 4.78 is 23.2. The van der Waals surface area contributed by atoms with E-state index in [1.54, 1.807) is 24.3 Å². The van der Waals surface area contributed by atoms with Crippen molar-refractivity contribution < 1.29 is 8.42 Å². The van der Waals surface area contributed by atoms with Gasteiger partial charge >= 0.3 is 0 Å². The summed E-state index contributed by atoms with van der Waals surface area (Å²) in [6.07, 6.45) is 0. The molecule has 78 valence electrons. The lowest BCUT2D eigenvalue weighted by Crippen LogP contribution is -1.97. The predicted molar refractivity (Wildman–Crippen MR) is 61.5 cm³/mol. The Hall–Kier alpha value is -0.190. The molecule has 0 N–H and O–H groups in total. The van der Waals surface area contributed by atoms with Crippen molar-refractivity contribution in [3.05, 3.63) is 29.8 Å². The Morgan fingerprint density at radius 3 is 2.36 bits per heavy atom. The molecule has 0 aliphatic carbocycles. The second-order valence-electron chi connectivity index (χ2n) is 2.78. The standard InChI is InChI=1S/C9H11ClO2S2/c1-8-2-4-9(5-3-8)14(11,12)13-7-6-10/h2-5H,6-7H2,1H3. The number of halogens is 1. The first kappa shape index (κ1) is 11.9. The maximum Gasteiger partial charge on any atom is 0.230 e. The Morgan fingerprint density at radius 1 is 1.29 bits per heavy atom. The highest BCUT2D eigenvalue weighted by Crippen LogP contribution is 2.23. The lowest BCUT2D eigenvalue weighted by Gasteiger charge is -2.02. The fraction of sp³-hybridized carbons (Fsp3) is 0.333. The molecule has 14 heavy (non-hydrogen) atoms. The first-order valence-electron chi connectivity index (χ1n) is 4.08. The van der Waals surface area contributed by atoms with Crippen LogP contribution in [0.25, 0.3) is 0 Å². The van der Waals surface area contributed by atoms with Gasteiger partial charge in [-0.2, -0.15) is 0 Å². The molecule has 0 unspecified atom stereocenters. The topological polar surface area (TPSA) is 34.1 Å². The first-order chi connectivity index (χ1) is 6.56. The van der Waals surface area contributed by atoms with Gasteiger partial charge in [-0.3, -0.25) is 0 Å². The third kappa shape index (κ3) is 3.19. The van der Waals surface area contributed by atoms with Gasteiger partial charge < -0.3 is 0 Å². The van der Waals surface area contributed by atoms with Gasteiger partial charge in [0, 0.05) is 11.6 Å². The minimum atomic E-state index is -3.21. The predicted octanol–water partition coefficient (Wildman–Crippen LogP) is 2.66. The van der Waals surface area contributed by atoms with Gasteiger partial charge in [0.1, 0.15) is 0 Å². The molecule has 0 fully saturated rings. The van der Waals surface area contributed by atoms with Crippen molar-refractivity contribution in [3.8, 4) is 0 Å². The van der Waals surface area contributed by atoms with Crippen LogP contribution in [0.2, 0.25) is 0 Å². The van der Waals surface area contributed by atoms with Crippen molar-refractivity contribution in [2.75, 3.05) is 11.6 Å². The van der Waals surface area contributed by atoms with Crippen molar-refractivity contribution in [2.24, 2.45) is 0 Å². The van der Waals surface area contributed by atoms with Crippen molar-refractivity contribution in [2.45, 2.75) is 11.8 Å². The van der Waals surface area contributed by atoms with Gasteiger partial charge in [-0.05, 0) is 29.9 Å². The van der Waals surface area contributed by atoms with E-state index in [4.69, 9.17) is 11.6 Å². The lowest BCUT2D eigenvalue weighted by molar-refractivity contribution is 0.610. The number of rotatable bonds is 4. The Bertz CT molecular complexity index is 384. The van der Waals surface area contributed by atoms with Crippen LogP contribution in [0.15, 0.2) is 29.2 Å². The molecule has 0 aliphatic heterocycles. The lowest BCUT2D eigenvalue weighted by atomic mass is 10.2. The molecule has 2 nitrogen and oxygen atoms in total. The zero-order valence-corrected chi connectivity index (χ0v) is 10.1. The molecular weight excluding hydrogens is 240 g/mol. The number of benzene rings is 1. The zero-order chi connectivity index (χ0) is 10.6. The van der Waals surface area contributed by atoms with E-state index in [0.29, 0.717) is 16.5 Å². The molecule has 1 aromatic rings. The summed E-state index contributed by atoms with van der Waals surface area (Å²) in [4.78, 5) is 0.346. The smallest absolute Gasteiger partial charge is 0.212 e. The molecule has 0 aromatic heterocycles. The molecule has 5 heteroatoms. The van der Waals surface area contributed by atoms with E-state index < -0.39 is 8.87 Å². The number of alkyl halides is 1. The van der Waals surface area contributed by atoms with E-state index in [1.165, 1.54) is 0 Å². The number of hydrogen-bond donors (Lipinski definition) is 0. The summed E-state index contributed by atoms with van der Waals surface area (Å²) in [7, 11) is -2.33. The largest absolute Gasteiger partial charge is 0.230 e. The molecule has 1 aromatic carbocycles. The number of aryl methyl sites for hydroxylation is 1. The van der Waals surface area contributed by atoms with E-state index in [-0.39, 0.29) is 0 Å². The summed E-state index contributed by atoms with van der Waals surface area (Å²) >= 11 is 5.43. The summed E-state index contributed by atoms with van der Waals surface area (Å²) in [6.45, 7) is 1.92. The summed E-state index contributed by atoms with van der Waals surface area (Å²) in [5, 5.41) is 0. The molecule has 0 heterocycles. The first-order valence-corrected chi connectivity index (χ1v) is 7.60. The Labute approximate surface area is 93.0 Å². The highest BCUT2D eigenvalue weighted by atomic mass is 35.5. The van der Waals surface area contributed by atoms with E-state index >= 15 is 0 Å². The second-order valence-corrected chi connectivity index (χ2v) is 7.20. The molecule has 0 amide bonds. The van der Waals surface area contributed by atoms with Gasteiger partial charge in [0.15, 0.2) is 0 Å². The monoisotopic (exact) mass is 250 g/mol. The van der Waals surface area contributed by atoms with Crippen LogP contribution in [0.1, 0.15) is 5.56 Å². The van der Waals surface area contributed by atoms with Crippen LogP contribution in [0.4, 0.5) is 0 Å². The molecule has 0 bridgehead atoms. The molecule has 0 atom stereocenters. The van der Waals surface area contributed by atoms with Crippen LogP contribution >= 0.6 is 22.4 Å². The number of hydrogen-bond acceptors (Lipinski definition) is 3. The maximum absolute atomic E-state index is 11.6. The summed E-state index contributed by atoms with van der Waals surface area (Å²) in [5.41, 5.74) is 1.05. The van der Waals surface area contributed by atoms with Crippen molar-refractivity contribution >= 4 is 31.3 Å². The van der Waals surface area contributed by atoms with Crippen LogP contribution in [0, 0.1) is 6.92 Å². The molecule has 0 radical (unpaired) electrons. The highest BCUT2D eigenvalue weighted by molar-refractivity contribution is 8.72. The Kier molecular flexibility index (Phi) is 4.29. The summed E-state index contributed by atoms with van der Waals surface area (Å²) in [6, 6.07) is 6.81. The van der Waals surface area contributed by atoms with Crippen LogP contribution in [0.3, 0.4) is 0 Å². The third-order valence-electron chi connectivity index (χ3n) is 1.63. The van der Waals surface area contributed by atoms with E-state index in [0.717, 1.165) is 16.4 Å². The maximum atomic E-state index is 11.6. The van der Waals surface area contributed by atoms with E-state index in [2.05, 4.69) is 0 Å². The van der Waals surface area contributed by atoms with Crippen LogP contribution in [-0.4, -0.2) is 20.1 Å². The van der Waals surface area contributed by atoms with E-state index in [1.807, 2.05) is 6.92 Å². The van der Waals surface area contributed by atoms with Gasteiger partial charge in [-0.25, -0.2) is 8.42 Å². The van der Waals surface area contributed by atoms with Gasteiger partial charge in [0.05, 0.1) is 4.90 Å². The fourth-order valence-corrected chi connectivity index (χ4v) is 3.96. The van der Waals surface area contributed by atoms with Crippen molar-refractivity contribution in [3.63, 3.8) is 0 Å². The minimum Gasteiger partial charge on any atom is -0.212 e. The van der Waals surface area contributed by atoms with Crippen LogP contribution < -0.4 is 0 Å². The summed E-state index contributed by atoms with van der Waals surface area (Å²) in [5.74, 6) is 0.757. The van der Waals surface area contributed by atoms with Crippen molar-refractivity contribution in [1.29, 1.82) is 0 Å². The SMILES string of the molecule is Cc1ccc(S(=O)(=O)SCCCl)cc1. The second kappa shape index (κ2) is 5.05. The molecule has 0 saturated heterocycles. The van der Waals surface area contributed by atoms with Gasteiger partial charge in [-0.1, -0.05) is 17.7 Å². The van der Waals surface area contributed by atoms with E-state index in [9.17, 15) is 8.42 Å².